The number of benzene rings is 1. The zero-order chi connectivity index (χ0) is 14.8. The summed E-state index contributed by atoms with van der Waals surface area (Å²) in [6, 6.07) is 2.89. The van der Waals surface area contributed by atoms with Crippen molar-refractivity contribution in [2.24, 2.45) is 0 Å². The van der Waals surface area contributed by atoms with Gasteiger partial charge in [0.15, 0.2) is 0 Å². The van der Waals surface area contributed by atoms with E-state index in [9.17, 15) is 18.0 Å². The second-order valence-electron chi connectivity index (χ2n) is 5.01. The van der Waals surface area contributed by atoms with Gasteiger partial charge in [-0.25, -0.2) is 4.79 Å². The Morgan fingerprint density at radius 3 is 2.26 bits per heavy atom. The number of halogens is 3. The minimum absolute atomic E-state index is 0.139. The van der Waals surface area contributed by atoms with Gasteiger partial charge in [-0.3, -0.25) is 0 Å². The highest BCUT2D eigenvalue weighted by molar-refractivity contribution is 5.94. The molecule has 0 saturated heterocycles. The van der Waals surface area contributed by atoms with Crippen LogP contribution in [0.2, 0.25) is 0 Å². The summed E-state index contributed by atoms with van der Waals surface area (Å²) < 4.78 is 43.0. The minimum Gasteiger partial charge on any atom is -0.456 e. The van der Waals surface area contributed by atoms with Gasteiger partial charge in [0.25, 0.3) is 0 Å². The third kappa shape index (κ3) is 4.12. The van der Waals surface area contributed by atoms with Crippen LogP contribution in [0.15, 0.2) is 24.8 Å². The van der Waals surface area contributed by atoms with Crippen molar-refractivity contribution in [2.75, 3.05) is 0 Å². The van der Waals surface area contributed by atoms with Gasteiger partial charge in [-0.05, 0) is 38.5 Å². The number of hydrogen-bond acceptors (Lipinski definition) is 2. The molecule has 0 aliphatic rings. The van der Waals surface area contributed by atoms with E-state index in [0.29, 0.717) is 5.56 Å². The first-order chi connectivity index (χ1) is 8.54. The molecule has 0 radical (unpaired) electrons. The van der Waals surface area contributed by atoms with Crippen LogP contribution in [0.4, 0.5) is 13.2 Å². The van der Waals surface area contributed by atoms with Crippen molar-refractivity contribution in [2.45, 2.75) is 32.5 Å². The lowest BCUT2D eigenvalue weighted by atomic mass is 10.0. The number of carbonyl (C=O) groups excluding carboxylic acids is 1. The number of esters is 1. The molecule has 5 heteroatoms. The molecule has 0 fully saturated rings. The minimum atomic E-state index is -4.50. The van der Waals surface area contributed by atoms with E-state index in [2.05, 4.69) is 6.58 Å². The fraction of sp³-hybridized carbons (Fsp3) is 0.357. The van der Waals surface area contributed by atoms with Crippen LogP contribution in [0.5, 0.6) is 0 Å². The summed E-state index contributed by atoms with van der Waals surface area (Å²) in [5.41, 5.74) is -1.50. The number of hydrogen-bond donors (Lipinski definition) is 0. The highest BCUT2D eigenvalue weighted by atomic mass is 19.4. The van der Waals surface area contributed by atoms with Crippen molar-refractivity contribution in [1.82, 2.24) is 0 Å². The van der Waals surface area contributed by atoms with Gasteiger partial charge >= 0.3 is 12.1 Å². The Morgan fingerprint density at radius 1 is 1.26 bits per heavy atom. The van der Waals surface area contributed by atoms with Crippen LogP contribution < -0.4 is 0 Å². The van der Waals surface area contributed by atoms with Crippen molar-refractivity contribution in [3.63, 3.8) is 0 Å². The fourth-order valence-corrected chi connectivity index (χ4v) is 1.42. The van der Waals surface area contributed by atoms with E-state index in [0.717, 1.165) is 12.1 Å². The van der Waals surface area contributed by atoms with Gasteiger partial charge in [0.05, 0.1) is 11.1 Å². The Hall–Kier alpha value is -1.78. The van der Waals surface area contributed by atoms with Crippen LogP contribution in [0.3, 0.4) is 0 Å². The van der Waals surface area contributed by atoms with Gasteiger partial charge in [-0.1, -0.05) is 18.7 Å². The zero-order valence-electron chi connectivity index (χ0n) is 11.0. The zero-order valence-corrected chi connectivity index (χ0v) is 11.0. The standard InChI is InChI=1S/C14H15F3O2/c1-5-9-6-7-10(14(15,16)17)8-11(9)12(18)19-13(2,3)4/h5-8H,1H2,2-4H3. The molecule has 2 nitrogen and oxygen atoms in total. The predicted molar refractivity (Wildman–Crippen MR) is 66.7 cm³/mol. The summed E-state index contributed by atoms with van der Waals surface area (Å²) in [6.45, 7) is 8.41. The molecule has 0 aliphatic heterocycles. The summed E-state index contributed by atoms with van der Waals surface area (Å²) in [5, 5.41) is 0. The quantitative estimate of drug-likeness (QED) is 0.750. The fourth-order valence-electron chi connectivity index (χ4n) is 1.42. The Morgan fingerprint density at radius 2 is 1.84 bits per heavy atom. The molecule has 104 valence electrons. The average molecular weight is 272 g/mol. The van der Waals surface area contributed by atoms with Crippen molar-refractivity contribution in [1.29, 1.82) is 0 Å². The number of ether oxygens (including phenoxy) is 1. The van der Waals surface area contributed by atoms with Crippen LogP contribution >= 0.6 is 0 Å². The lowest BCUT2D eigenvalue weighted by Crippen LogP contribution is -2.24. The first kappa shape index (κ1) is 15.3. The van der Waals surface area contributed by atoms with Gasteiger partial charge in [-0.2, -0.15) is 13.2 Å². The molecule has 0 heterocycles. The second-order valence-corrected chi connectivity index (χ2v) is 5.01. The van der Waals surface area contributed by atoms with Crippen LogP contribution in [0.25, 0.3) is 6.08 Å². The Bertz CT molecular complexity index is 496. The summed E-state index contributed by atoms with van der Waals surface area (Å²) in [4.78, 5) is 11.9. The monoisotopic (exact) mass is 272 g/mol. The summed E-state index contributed by atoms with van der Waals surface area (Å²) >= 11 is 0. The summed E-state index contributed by atoms with van der Waals surface area (Å²) in [5.74, 6) is -0.798. The summed E-state index contributed by atoms with van der Waals surface area (Å²) in [7, 11) is 0. The third-order valence-electron chi connectivity index (χ3n) is 2.22. The molecule has 0 unspecified atom stereocenters. The molecule has 1 aromatic rings. The van der Waals surface area contributed by atoms with Gasteiger partial charge in [0, 0.05) is 0 Å². The predicted octanol–water partition coefficient (Wildman–Crippen LogP) is 4.30. The van der Waals surface area contributed by atoms with Gasteiger partial charge in [-0.15, -0.1) is 0 Å². The molecule has 0 spiro atoms. The van der Waals surface area contributed by atoms with E-state index in [1.165, 1.54) is 12.1 Å². The van der Waals surface area contributed by atoms with E-state index < -0.39 is 23.3 Å². The van der Waals surface area contributed by atoms with Gasteiger partial charge in [0.2, 0.25) is 0 Å². The highest BCUT2D eigenvalue weighted by Crippen LogP contribution is 2.31. The first-order valence-corrected chi connectivity index (χ1v) is 5.61. The van der Waals surface area contributed by atoms with E-state index >= 15 is 0 Å². The Balaban J connectivity index is 3.24. The molecule has 0 amide bonds. The third-order valence-corrected chi connectivity index (χ3v) is 2.22. The first-order valence-electron chi connectivity index (χ1n) is 5.61. The normalized spacial score (nSPS) is 12.1. The molecular weight excluding hydrogens is 257 g/mol. The number of rotatable bonds is 2. The molecule has 19 heavy (non-hydrogen) atoms. The van der Waals surface area contributed by atoms with Crippen molar-refractivity contribution >= 4 is 12.0 Å². The van der Waals surface area contributed by atoms with E-state index in [1.807, 2.05) is 0 Å². The van der Waals surface area contributed by atoms with E-state index in [1.54, 1.807) is 20.8 Å². The van der Waals surface area contributed by atoms with Crippen LogP contribution in [-0.2, 0) is 10.9 Å². The molecule has 1 rings (SSSR count). The molecule has 1 aromatic carbocycles. The number of alkyl halides is 3. The van der Waals surface area contributed by atoms with Gasteiger partial charge < -0.3 is 4.74 Å². The average Bonchev–Trinajstić information content (AvgIpc) is 2.24. The molecule has 0 aromatic heterocycles. The molecular formula is C14H15F3O2. The maximum absolute atomic E-state index is 12.6. The highest BCUT2D eigenvalue weighted by Gasteiger charge is 2.32. The Kier molecular flexibility index (Phi) is 4.08. The molecule has 0 aliphatic carbocycles. The maximum Gasteiger partial charge on any atom is 0.416 e. The van der Waals surface area contributed by atoms with E-state index in [4.69, 9.17) is 4.74 Å². The maximum atomic E-state index is 12.6. The SMILES string of the molecule is C=Cc1ccc(C(F)(F)F)cc1C(=O)OC(C)(C)C. The largest absolute Gasteiger partial charge is 0.456 e. The van der Waals surface area contributed by atoms with Crippen LogP contribution in [0.1, 0.15) is 42.3 Å². The van der Waals surface area contributed by atoms with Crippen molar-refractivity contribution in [3.8, 4) is 0 Å². The Labute approximate surface area is 109 Å². The molecule has 0 atom stereocenters. The molecule has 0 bridgehead atoms. The lowest BCUT2D eigenvalue weighted by molar-refractivity contribution is -0.137. The lowest BCUT2D eigenvalue weighted by Gasteiger charge is -2.20. The number of carbonyl (C=O) groups is 1. The van der Waals surface area contributed by atoms with Gasteiger partial charge in [0.1, 0.15) is 5.60 Å². The molecule has 0 saturated carbocycles. The van der Waals surface area contributed by atoms with Crippen molar-refractivity contribution < 1.29 is 22.7 Å². The topological polar surface area (TPSA) is 26.3 Å². The van der Waals surface area contributed by atoms with Crippen LogP contribution in [-0.4, -0.2) is 11.6 Å². The smallest absolute Gasteiger partial charge is 0.416 e. The molecule has 0 N–H and O–H groups in total. The second kappa shape index (κ2) is 5.07. The van der Waals surface area contributed by atoms with Crippen molar-refractivity contribution in [3.05, 3.63) is 41.5 Å². The van der Waals surface area contributed by atoms with Crippen LogP contribution in [0, 0.1) is 0 Å². The summed E-state index contributed by atoms with van der Waals surface area (Å²) in [6.07, 6.45) is -3.18. The van der Waals surface area contributed by atoms with E-state index in [-0.39, 0.29) is 5.56 Å².